The number of fused-ring (bicyclic) bond motifs is 1. The zero-order valence-corrected chi connectivity index (χ0v) is 21.2. The van der Waals surface area contributed by atoms with Crippen LogP contribution in [0.1, 0.15) is 33.0 Å². The van der Waals surface area contributed by atoms with Crippen LogP contribution in [0, 0.1) is 6.57 Å². The Bertz CT molecular complexity index is 1240. The minimum Gasteiger partial charge on any atom is -0.489 e. The topological polar surface area (TPSA) is 79.4 Å². The fraction of sp³-hybridized carbons (Fsp3) is 0.444. The molecular weight excluding hydrogens is 460 g/mol. The van der Waals surface area contributed by atoms with Gasteiger partial charge >= 0.3 is 6.09 Å². The van der Waals surface area contributed by atoms with Crippen LogP contribution in [0.15, 0.2) is 42.5 Å². The van der Waals surface area contributed by atoms with Gasteiger partial charge in [0.2, 0.25) is 0 Å². The molecule has 1 aliphatic heterocycles. The number of imidazole rings is 1. The quantitative estimate of drug-likeness (QED) is 0.402. The molecule has 1 aliphatic rings. The predicted molar refractivity (Wildman–Crippen MR) is 135 cm³/mol. The first-order chi connectivity index (χ1) is 17.3. The van der Waals surface area contributed by atoms with Crippen LogP contribution >= 0.6 is 0 Å². The molecule has 0 spiro atoms. The number of ether oxygens (including phenoxy) is 4. The monoisotopic (exact) mass is 492 g/mol. The SMILES string of the molecule is [C-]#[N+]c1ccc2c(c1)nc(COc1ccc(OC3CCN(C(=O)OC(C)(C)C)C3)cc1)n2CCOC. The third kappa shape index (κ3) is 6.26. The zero-order chi connectivity index (χ0) is 25.7. The van der Waals surface area contributed by atoms with Crippen molar-refractivity contribution in [2.24, 2.45) is 0 Å². The largest absolute Gasteiger partial charge is 0.489 e. The Morgan fingerprint density at radius 1 is 1.17 bits per heavy atom. The molecule has 4 rings (SSSR count). The van der Waals surface area contributed by atoms with Crippen molar-refractivity contribution in [3.8, 4) is 11.5 Å². The summed E-state index contributed by atoms with van der Waals surface area (Å²) in [5, 5.41) is 0. The van der Waals surface area contributed by atoms with Crippen molar-refractivity contribution in [2.75, 3.05) is 26.8 Å². The van der Waals surface area contributed by atoms with Crippen LogP contribution in [0.5, 0.6) is 11.5 Å². The van der Waals surface area contributed by atoms with Crippen molar-refractivity contribution in [2.45, 2.75) is 52.0 Å². The van der Waals surface area contributed by atoms with Gasteiger partial charge in [0.1, 0.15) is 35.6 Å². The van der Waals surface area contributed by atoms with Crippen molar-refractivity contribution in [1.29, 1.82) is 0 Å². The fourth-order valence-electron chi connectivity index (χ4n) is 4.05. The number of rotatable bonds is 8. The molecule has 2 aromatic carbocycles. The number of amides is 1. The molecule has 36 heavy (non-hydrogen) atoms. The summed E-state index contributed by atoms with van der Waals surface area (Å²) in [6, 6.07) is 12.9. The lowest BCUT2D eigenvalue weighted by atomic mass is 10.2. The van der Waals surface area contributed by atoms with Gasteiger partial charge in [-0.2, -0.15) is 0 Å². The van der Waals surface area contributed by atoms with E-state index in [4.69, 9.17) is 30.5 Å². The molecule has 0 bridgehead atoms. The van der Waals surface area contributed by atoms with Gasteiger partial charge in [-0.05, 0) is 57.2 Å². The van der Waals surface area contributed by atoms with Gasteiger partial charge in [-0.3, -0.25) is 0 Å². The Labute approximate surface area is 211 Å². The number of nitrogens with zero attached hydrogens (tertiary/aromatic N) is 4. The number of carbonyl (C=O) groups excluding carboxylic acids is 1. The Kier molecular flexibility index (Phi) is 7.65. The first kappa shape index (κ1) is 25.3. The highest BCUT2D eigenvalue weighted by Crippen LogP contribution is 2.25. The van der Waals surface area contributed by atoms with Gasteiger partial charge in [0.05, 0.1) is 30.8 Å². The predicted octanol–water partition coefficient (Wildman–Crippen LogP) is 5.20. The van der Waals surface area contributed by atoms with Crippen LogP contribution in [-0.4, -0.2) is 59.1 Å². The minimum atomic E-state index is -0.514. The number of aromatic nitrogens is 2. The molecule has 0 radical (unpaired) electrons. The fourth-order valence-corrected chi connectivity index (χ4v) is 4.05. The number of methoxy groups -OCH3 is 1. The number of benzene rings is 2. The lowest BCUT2D eigenvalue weighted by Crippen LogP contribution is -2.36. The summed E-state index contributed by atoms with van der Waals surface area (Å²) in [6.45, 7) is 15.4. The van der Waals surface area contributed by atoms with Crippen LogP contribution in [-0.2, 0) is 22.6 Å². The van der Waals surface area contributed by atoms with E-state index in [2.05, 4.69) is 9.41 Å². The van der Waals surface area contributed by atoms with Gasteiger partial charge in [-0.15, -0.1) is 0 Å². The van der Waals surface area contributed by atoms with Crippen molar-refractivity contribution in [3.63, 3.8) is 0 Å². The molecule has 2 heterocycles. The van der Waals surface area contributed by atoms with E-state index in [-0.39, 0.29) is 18.8 Å². The molecular formula is C27H32N4O5. The molecule has 9 nitrogen and oxygen atoms in total. The van der Waals surface area contributed by atoms with Gasteiger partial charge in [-0.25, -0.2) is 14.6 Å². The minimum absolute atomic E-state index is 0.0784. The van der Waals surface area contributed by atoms with E-state index < -0.39 is 5.60 Å². The van der Waals surface area contributed by atoms with Crippen LogP contribution in [0.2, 0.25) is 0 Å². The highest BCUT2D eigenvalue weighted by molar-refractivity contribution is 5.80. The highest BCUT2D eigenvalue weighted by Gasteiger charge is 2.30. The molecule has 190 valence electrons. The van der Waals surface area contributed by atoms with E-state index in [1.807, 2.05) is 51.1 Å². The molecule has 3 aromatic rings. The summed E-state index contributed by atoms with van der Waals surface area (Å²) in [6.07, 6.45) is 0.370. The number of likely N-dealkylation sites (tertiary alicyclic amines) is 1. The molecule has 1 unspecified atom stereocenters. The molecule has 1 aromatic heterocycles. The lowest BCUT2D eigenvalue weighted by molar-refractivity contribution is 0.0275. The van der Waals surface area contributed by atoms with E-state index >= 15 is 0 Å². The van der Waals surface area contributed by atoms with Crippen molar-refractivity contribution in [3.05, 3.63) is 59.7 Å². The molecule has 9 heteroatoms. The molecule has 1 amide bonds. The average molecular weight is 493 g/mol. The molecule has 1 fully saturated rings. The lowest BCUT2D eigenvalue weighted by Gasteiger charge is -2.24. The van der Waals surface area contributed by atoms with E-state index in [0.29, 0.717) is 37.7 Å². The highest BCUT2D eigenvalue weighted by atomic mass is 16.6. The van der Waals surface area contributed by atoms with Gasteiger partial charge in [0.25, 0.3) is 0 Å². The van der Waals surface area contributed by atoms with E-state index in [1.165, 1.54) is 0 Å². The normalized spacial score (nSPS) is 15.6. The molecule has 1 atom stereocenters. The summed E-state index contributed by atoms with van der Waals surface area (Å²) in [7, 11) is 1.66. The third-order valence-electron chi connectivity index (χ3n) is 5.75. The molecule has 1 saturated heterocycles. The maximum Gasteiger partial charge on any atom is 0.410 e. The summed E-state index contributed by atoms with van der Waals surface area (Å²) in [5.41, 5.74) is 1.75. The number of hydrogen-bond donors (Lipinski definition) is 0. The van der Waals surface area contributed by atoms with Crippen LogP contribution in [0.3, 0.4) is 0 Å². The first-order valence-corrected chi connectivity index (χ1v) is 12.0. The van der Waals surface area contributed by atoms with Gasteiger partial charge in [0.15, 0.2) is 5.69 Å². The van der Waals surface area contributed by atoms with Crippen molar-refractivity contribution < 1.29 is 23.7 Å². The van der Waals surface area contributed by atoms with E-state index in [1.54, 1.807) is 24.1 Å². The number of hydrogen-bond acceptors (Lipinski definition) is 6. The Morgan fingerprint density at radius 3 is 2.61 bits per heavy atom. The second-order valence-corrected chi connectivity index (χ2v) is 9.67. The molecule has 0 saturated carbocycles. The van der Waals surface area contributed by atoms with Crippen molar-refractivity contribution >= 4 is 22.8 Å². The van der Waals surface area contributed by atoms with Gasteiger partial charge in [0, 0.05) is 26.6 Å². The standard InChI is InChI=1S/C27H32N4O5/c1-27(2,3)36-26(32)30-13-12-22(17-30)35-21-9-7-20(8-10-21)34-18-25-29-23-16-19(28-4)6-11-24(23)31(25)14-15-33-5/h6-11,16,22H,12-15,17-18H2,1-3,5H3. The second-order valence-electron chi connectivity index (χ2n) is 9.67. The molecule has 0 N–H and O–H groups in total. The maximum absolute atomic E-state index is 12.3. The maximum atomic E-state index is 12.3. The summed E-state index contributed by atoms with van der Waals surface area (Å²) < 4.78 is 24.8. The Hall–Kier alpha value is -3.77. The summed E-state index contributed by atoms with van der Waals surface area (Å²) in [5.74, 6) is 2.17. The summed E-state index contributed by atoms with van der Waals surface area (Å²) in [4.78, 5) is 22.1. The van der Waals surface area contributed by atoms with Crippen LogP contribution < -0.4 is 9.47 Å². The van der Waals surface area contributed by atoms with E-state index in [9.17, 15) is 4.79 Å². The second kappa shape index (κ2) is 10.9. The Balaban J connectivity index is 1.35. The summed E-state index contributed by atoms with van der Waals surface area (Å²) >= 11 is 0. The average Bonchev–Trinajstić information content (AvgIpc) is 3.45. The first-order valence-electron chi connectivity index (χ1n) is 12.0. The van der Waals surface area contributed by atoms with Gasteiger partial charge in [-0.1, -0.05) is 6.07 Å². The smallest absolute Gasteiger partial charge is 0.410 e. The molecule has 0 aliphatic carbocycles. The van der Waals surface area contributed by atoms with Crippen LogP contribution in [0.25, 0.3) is 15.9 Å². The zero-order valence-electron chi connectivity index (χ0n) is 21.2. The third-order valence-corrected chi connectivity index (χ3v) is 5.75. The van der Waals surface area contributed by atoms with Crippen LogP contribution in [0.4, 0.5) is 10.5 Å². The van der Waals surface area contributed by atoms with Crippen molar-refractivity contribution in [1.82, 2.24) is 14.5 Å². The Morgan fingerprint density at radius 2 is 1.92 bits per heavy atom. The van der Waals surface area contributed by atoms with Gasteiger partial charge < -0.3 is 28.4 Å². The van der Waals surface area contributed by atoms with E-state index in [0.717, 1.165) is 29.0 Å². The number of carbonyl (C=O) groups is 1.